The van der Waals surface area contributed by atoms with Crippen LogP contribution in [0.15, 0.2) is 22.9 Å². The maximum absolute atomic E-state index is 8.56. The van der Waals surface area contributed by atoms with Gasteiger partial charge in [-0.05, 0) is 41.3 Å². The molecule has 1 rings (SSSR count). The summed E-state index contributed by atoms with van der Waals surface area (Å²) >= 11 is 3.32. The second kappa shape index (κ2) is 6.79. The molecule has 0 spiro atoms. The van der Waals surface area contributed by atoms with Gasteiger partial charge in [-0.15, -0.1) is 0 Å². The van der Waals surface area contributed by atoms with Crippen molar-refractivity contribution in [1.29, 1.82) is 0 Å². The summed E-state index contributed by atoms with van der Waals surface area (Å²) in [6.07, 6.45) is 6.22. The number of unbranched alkanes of at least 4 members (excludes halogenated alkanes) is 2. The number of ether oxygens (including phenoxy) is 1. The standard InChI is InChI=1S/C10H14BrNO2/c11-9-6-10(8-12-7-9)14-5-3-1-2-4-13/h6-8,13H,1-5H2. The quantitative estimate of drug-likeness (QED) is 0.798. The number of halogens is 1. The summed E-state index contributed by atoms with van der Waals surface area (Å²) in [7, 11) is 0. The first-order valence-electron chi connectivity index (χ1n) is 4.67. The highest BCUT2D eigenvalue weighted by Gasteiger charge is 1.95. The van der Waals surface area contributed by atoms with Crippen LogP contribution in [0.4, 0.5) is 0 Å². The average Bonchev–Trinajstić information content (AvgIpc) is 2.18. The second-order valence-corrected chi connectivity index (χ2v) is 3.89. The van der Waals surface area contributed by atoms with Crippen molar-refractivity contribution in [3.63, 3.8) is 0 Å². The third-order valence-corrected chi connectivity index (χ3v) is 2.18. The van der Waals surface area contributed by atoms with Crippen molar-refractivity contribution in [2.75, 3.05) is 13.2 Å². The van der Waals surface area contributed by atoms with Crippen molar-refractivity contribution in [3.05, 3.63) is 22.9 Å². The molecule has 0 aliphatic heterocycles. The van der Waals surface area contributed by atoms with Crippen LogP contribution in [0.2, 0.25) is 0 Å². The Bertz CT molecular complexity index is 268. The summed E-state index contributed by atoms with van der Waals surface area (Å²) < 4.78 is 6.38. The third-order valence-electron chi connectivity index (χ3n) is 1.75. The van der Waals surface area contributed by atoms with Gasteiger partial charge in [0.25, 0.3) is 0 Å². The van der Waals surface area contributed by atoms with Crippen LogP contribution in [0, 0.1) is 0 Å². The third kappa shape index (κ3) is 4.58. The van der Waals surface area contributed by atoms with E-state index in [2.05, 4.69) is 20.9 Å². The van der Waals surface area contributed by atoms with Crippen LogP contribution in [0.25, 0.3) is 0 Å². The fraction of sp³-hybridized carbons (Fsp3) is 0.500. The molecule has 0 aliphatic carbocycles. The number of hydrogen-bond donors (Lipinski definition) is 1. The van der Waals surface area contributed by atoms with E-state index in [4.69, 9.17) is 9.84 Å². The van der Waals surface area contributed by atoms with E-state index in [9.17, 15) is 0 Å². The van der Waals surface area contributed by atoms with Crippen LogP contribution in [0.1, 0.15) is 19.3 Å². The summed E-state index contributed by atoms with van der Waals surface area (Å²) in [5, 5.41) is 8.56. The van der Waals surface area contributed by atoms with E-state index in [-0.39, 0.29) is 6.61 Å². The highest BCUT2D eigenvalue weighted by Crippen LogP contribution is 2.15. The van der Waals surface area contributed by atoms with Crippen LogP contribution >= 0.6 is 15.9 Å². The van der Waals surface area contributed by atoms with Gasteiger partial charge in [-0.25, -0.2) is 0 Å². The molecule has 1 heterocycles. The molecule has 1 aromatic rings. The molecule has 0 saturated heterocycles. The molecule has 0 radical (unpaired) electrons. The predicted octanol–water partition coefficient (Wildman–Crippen LogP) is 2.39. The van der Waals surface area contributed by atoms with E-state index in [0.29, 0.717) is 6.61 Å². The number of nitrogens with zero attached hydrogens (tertiary/aromatic N) is 1. The van der Waals surface area contributed by atoms with Crippen LogP contribution in [0.3, 0.4) is 0 Å². The molecule has 14 heavy (non-hydrogen) atoms. The number of aliphatic hydroxyl groups is 1. The number of rotatable bonds is 6. The lowest BCUT2D eigenvalue weighted by Gasteiger charge is -2.04. The van der Waals surface area contributed by atoms with E-state index in [1.165, 1.54) is 0 Å². The molecule has 0 unspecified atom stereocenters. The van der Waals surface area contributed by atoms with Gasteiger partial charge < -0.3 is 9.84 Å². The first-order valence-corrected chi connectivity index (χ1v) is 5.46. The van der Waals surface area contributed by atoms with Crippen molar-refractivity contribution in [2.45, 2.75) is 19.3 Å². The fourth-order valence-corrected chi connectivity index (χ4v) is 1.40. The molecule has 4 heteroatoms. The Hall–Kier alpha value is -0.610. The van der Waals surface area contributed by atoms with Crippen molar-refractivity contribution < 1.29 is 9.84 Å². The number of aromatic nitrogens is 1. The fourth-order valence-electron chi connectivity index (χ4n) is 1.05. The molecular weight excluding hydrogens is 246 g/mol. The summed E-state index contributed by atoms with van der Waals surface area (Å²) in [5.74, 6) is 0.781. The largest absolute Gasteiger partial charge is 0.492 e. The highest BCUT2D eigenvalue weighted by atomic mass is 79.9. The smallest absolute Gasteiger partial charge is 0.138 e. The van der Waals surface area contributed by atoms with Crippen molar-refractivity contribution in [1.82, 2.24) is 4.98 Å². The molecule has 0 aromatic carbocycles. The molecule has 78 valence electrons. The Morgan fingerprint density at radius 2 is 2.14 bits per heavy atom. The van der Waals surface area contributed by atoms with Gasteiger partial charge in [0.15, 0.2) is 0 Å². The minimum atomic E-state index is 0.262. The lowest BCUT2D eigenvalue weighted by molar-refractivity contribution is 0.265. The number of aliphatic hydroxyl groups excluding tert-OH is 1. The van der Waals surface area contributed by atoms with Gasteiger partial charge in [0.2, 0.25) is 0 Å². The Kier molecular flexibility index (Phi) is 5.56. The maximum Gasteiger partial charge on any atom is 0.138 e. The normalized spacial score (nSPS) is 10.1. The van der Waals surface area contributed by atoms with E-state index in [1.54, 1.807) is 12.4 Å². The van der Waals surface area contributed by atoms with Gasteiger partial charge in [0.1, 0.15) is 5.75 Å². The lowest BCUT2D eigenvalue weighted by atomic mass is 10.2. The van der Waals surface area contributed by atoms with Gasteiger partial charge in [-0.2, -0.15) is 0 Å². The molecule has 0 aliphatic rings. The van der Waals surface area contributed by atoms with Gasteiger partial charge >= 0.3 is 0 Å². The minimum Gasteiger partial charge on any atom is -0.492 e. The molecule has 0 bridgehead atoms. The van der Waals surface area contributed by atoms with E-state index < -0.39 is 0 Å². The Labute approximate surface area is 92.3 Å². The van der Waals surface area contributed by atoms with Crippen LogP contribution < -0.4 is 4.74 Å². The first kappa shape index (κ1) is 11.5. The SMILES string of the molecule is OCCCCCOc1cncc(Br)c1. The molecule has 1 aromatic heterocycles. The van der Waals surface area contributed by atoms with Gasteiger partial charge in [0, 0.05) is 17.3 Å². The van der Waals surface area contributed by atoms with Gasteiger partial charge in [0.05, 0.1) is 12.8 Å². The molecular formula is C10H14BrNO2. The van der Waals surface area contributed by atoms with Gasteiger partial charge in [-0.1, -0.05) is 0 Å². The zero-order valence-corrected chi connectivity index (χ0v) is 9.53. The van der Waals surface area contributed by atoms with Crippen LogP contribution in [0.5, 0.6) is 5.75 Å². The maximum atomic E-state index is 8.56. The Balaban J connectivity index is 2.18. The molecule has 0 saturated carbocycles. The zero-order chi connectivity index (χ0) is 10.2. The van der Waals surface area contributed by atoms with Crippen molar-refractivity contribution in [3.8, 4) is 5.75 Å². The van der Waals surface area contributed by atoms with E-state index in [1.807, 2.05) is 6.07 Å². The van der Waals surface area contributed by atoms with Crippen LogP contribution in [-0.2, 0) is 0 Å². The highest BCUT2D eigenvalue weighted by molar-refractivity contribution is 9.10. The topological polar surface area (TPSA) is 42.4 Å². The second-order valence-electron chi connectivity index (χ2n) is 2.97. The molecule has 1 N–H and O–H groups in total. The first-order chi connectivity index (χ1) is 6.83. The summed E-state index contributed by atoms with van der Waals surface area (Å²) in [6, 6.07) is 1.89. The average molecular weight is 260 g/mol. The Morgan fingerprint density at radius 3 is 2.86 bits per heavy atom. The zero-order valence-electron chi connectivity index (χ0n) is 7.95. The summed E-state index contributed by atoms with van der Waals surface area (Å²) in [6.45, 7) is 0.941. The number of pyridine rings is 1. The molecule has 0 fully saturated rings. The molecule has 0 amide bonds. The predicted molar refractivity (Wildman–Crippen MR) is 58.4 cm³/mol. The van der Waals surface area contributed by atoms with Crippen molar-refractivity contribution in [2.24, 2.45) is 0 Å². The lowest BCUT2D eigenvalue weighted by Crippen LogP contribution is -1.98. The summed E-state index contributed by atoms with van der Waals surface area (Å²) in [5.41, 5.74) is 0. The van der Waals surface area contributed by atoms with Gasteiger partial charge in [-0.3, -0.25) is 4.98 Å². The molecule has 0 atom stereocenters. The summed E-state index contributed by atoms with van der Waals surface area (Å²) in [4.78, 5) is 3.99. The number of hydrogen-bond acceptors (Lipinski definition) is 3. The minimum absolute atomic E-state index is 0.262. The van der Waals surface area contributed by atoms with Crippen LogP contribution in [-0.4, -0.2) is 23.3 Å². The monoisotopic (exact) mass is 259 g/mol. The van der Waals surface area contributed by atoms with E-state index in [0.717, 1.165) is 29.5 Å². The van der Waals surface area contributed by atoms with E-state index >= 15 is 0 Å². The Morgan fingerprint density at radius 1 is 1.29 bits per heavy atom. The van der Waals surface area contributed by atoms with Crippen molar-refractivity contribution >= 4 is 15.9 Å². The molecule has 3 nitrogen and oxygen atoms in total.